The third-order valence-electron chi connectivity index (χ3n) is 5.57. The summed E-state index contributed by atoms with van der Waals surface area (Å²) in [4.78, 5) is 0. The highest BCUT2D eigenvalue weighted by atomic mass is 19.4. The average molecular weight is 432 g/mol. The maximum absolute atomic E-state index is 13.1. The topological polar surface area (TPSA) is 87.7 Å². The fourth-order valence-corrected chi connectivity index (χ4v) is 4.09. The monoisotopic (exact) mass is 432 g/mol. The predicted molar refractivity (Wildman–Crippen MR) is 112 cm³/mol. The van der Waals surface area contributed by atoms with E-state index < -0.39 is 17.7 Å². The van der Waals surface area contributed by atoms with Gasteiger partial charge in [-0.2, -0.15) is 18.4 Å². The lowest BCUT2D eigenvalue weighted by Gasteiger charge is -2.24. The van der Waals surface area contributed by atoms with Crippen molar-refractivity contribution >= 4 is 10.8 Å². The molecule has 158 valence electrons. The quantitative estimate of drug-likeness (QED) is 0.440. The maximum Gasteiger partial charge on any atom is 0.416 e. The first-order valence-electron chi connectivity index (χ1n) is 9.69. The Kier molecular flexibility index (Phi) is 4.41. The molecule has 5 rings (SSSR count). The lowest BCUT2D eigenvalue weighted by atomic mass is 9.82. The van der Waals surface area contributed by atoms with E-state index in [0.29, 0.717) is 16.8 Å². The van der Waals surface area contributed by atoms with Crippen LogP contribution in [0.5, 0.6) is 5.88 Å². The minimum absolute atomic E-state index is 0.111. The minimum Gasteiger partial charge on any atom is -0.420 e. The van der Waals surface area contributed by atoms with Crippen LogP contribution in [0.1, 0.15) is 22.6 Å². The lowest BCUT2D eigenvalue weighted by molar-refractivity contribution is -0.137. The normalized spacial score (nSPS) is 15.9. The van der Waals surface area contributed by atoms with Crippen LogP contribution in [0.25, 0.3) is 22.0 Å². The highest BCUT2D eigenvalue weighted by Gasteiger charge is 2.37. The number of hydrogen-bond donors (Lipinski definition) is 2. The van der Waals surface area contributed by atoms with Crippen molar-refractivity contribution in [2.24, 2.45) is 5.73 Å². The van der Waals surface area contributed by atoms with Crippen LogP contribution in [-0.2, 0) is 6.18 Å². The number of aromatic nitrogens is 2. The number of benzene rings is 3. The van der Waals surface area contributed by atoms with E-state index in [1.807, 2.05) is 42.5 Å². The second kappa shape index (κ2) is 7.17. The molecule has 3 N–H and O–H groups in total. The molecule has 1 atom stereocenters. The molecule has 4 aromatic rings. The van der Waals surface area contributed by atoms with Crippen LogP contribution in [-0.4, -0.2) is 10.2 Å². The maximum atomic E-state index is 13.1. The van der Waals surface area contributed by atoms with E-state index in [9.17, 15) is 18.4 Å². The molecule has 1 aliphatic heterocycles. The summed E-state index contributed by atoms with van der Waals surface area (Å²) >= 11 is 0. The molecule has 0 radical (unpaired) electrons. The Morgan fingerprint density at radius 2 is 1.72 bits per heavy atom. The Hall–Kier alpha value is -4.25. The molecule has 0 fully saturated rings. The predicted octanol–water partition coefficient (Wildman–Crippen LogP) is 5.47. The van der Waals surface area contributed by atoms with Crippen LogP contribution < -0.4 is 10.5 Å². The van der Waals surface area contributed by atoms with Crippen molar-refractivity contribution in [1.29, 1.82) is 5.26 Å². The van der Waals surface area contributed by atoms with Crippen LogP contribution in [0.2, 0.25) is 0 Å². The standard InChI is InChI=1S/C24H15F3N4O/c25-24(26,27)15-10-8-14(9-11-15)19-18(12-28)22(29)32-23-20(19)21(30-31-23)17-7-3-5-13-4-1-2-6-16(13)17/h1-11,19H,29H2,(H,30,31)/t19-/m1/s1. The van der Waals surface area contributed by atoms with Gasteiger partial charge in [0.1, 0.15) is 11.6 Å². The summed E-state index contributed by atoms with van der Waals surface area (Å²) in [5.74, 6) is -0.672. The summed E-state index contributed by atoms with van der Waals surface area (Å²) in [6.07, 6.45) is -4.46. The van der Waals surface area contributed by atoms with Gasteiger partial charge in [-0.3, -0.25) is 5.10 Å². The van der Waals surface area contributed by atoms with Gasteiger partial charge >= 0.3 is 6.18 Å². The molecule has 8 heteroatoms. The number of hydrogen-bond acceptors (Lipinski definition) is 4. The van der Waals surface area contributed by atoms with Crippen molar-refractivity contribution in [1.82, 2.24) is 10.2 Å². The molecule has 3 aromatic carbocycles. The zero-order valence-electron chi connectivity index (χ0n) is 16.4. The molecule has 32 heavy (non-hydrogen) atoms. The molecule has 0 unspecified atom stereocenters. The van der Waals surface area contributed by atoms with E-state index in [0.717, 1.165) is 28.5 Å². The first-order chi connectivity index (χ1) is 15.4. The number of allylic oxidation sites excluding steroid dienone is 1. The Labute approximate surface area is 180 Å². The van der Waals surface area contributed by atoms with Crippen molar-refractivity contribution < 1.29 is 17.9 Å². The van der Waals surface area contributed by atoms with Gasteiger partial charge in [0.15, 0.2) is 0 Å². The van der Waals surface area contributed by atoms with Crippen LogP contribution in [0.3, 0.4) is 0 Å². The van der Waals surface area contributed by atoms with Crippen molar-refractivity contribution in [3.8, 4) is 23.2 Å². The summed E-state index contributed by atoms with van der Waals surface area (Å²) in [6.45, 7) is 0. The smallest absolute Gasteiger partial charge is 0.416 e. The summed E-state index contributed by atoms with van der Waals surface area (Å²) in [5.41, 5.74) is 7.78. The number of fused-ring (bicyclic) bond motifs is 2. The second-order valence-corrected chi connectivity index (χ2v) is 7.39. The highest BCUT2D eigenvalue weighted by Crippen LogP contribution is 2.47. The van der Waals surface area contributed by atoms with Gasteiger partial charge < -0.3 is 10.5 Å². The van der Waals surface area contributed by atoms with Crippen molar-refractivity contribution in [3.05, 3.63) is 94.9 Å². The van der Waals surface area contributed by atoms with Gasteiger partial charge in [-0.1, -0.05) is 54.6 Å². The van der Waals surface area contributed by atoms with Crippen molar-refractivity contribution in [2.75, 3.05) is 0 Å². The number of H-pyrrole nitrogens is 1. The van der Waals surface area contributed by atoms with Crippen LogP contribution in [0.15, 0.2) is 78.2 Å². The van der Waals surface area contributed by atoms with Crippen molar-refractivity contribution in [2.45, 2.75) is 12.1 Å². The summed E-state index contributed by atoms with van der Waals surface area (Å²) in [5, 5.41) is 19.0. The van der Waals surface area contributed by atoms with E-state index in [4.69, 9.17) is 10.5 Å². The summed E-state index contributed by atoms with van der Waals surface area (Å²) < 4.78 is 44.8. The number of nitriles is 1. The fraction of sp³-hybridized carbons (Fsp3) is 0.0833. The van der Waals surface area contributed by atoms with Crippen LogP contribution in [0, 0.1) is 11.3 Å². The molecule has 0 saturated carbocycles. The first kappa shape index (κ1) is 19.7. The van der Waals surface area contributed by atoms with Gasteiger partial charge in [-0.25, -0.2) is 0 Å². The molecular weight excluding hydrogens is 417 g/mol. The number of alkyl halides is 3. The SMILES string of the molecule is N#CC1=C(N)Oc2n[nH]c(-c3cccc4ccccc34)c2[C@@H]1c1ccc(C(F)(F)F)cc1. The van der Waals surface area contributed by atoms with E-state index in [1.54, 1.807) is 0 Å². The lowest BCUT2D eigenvalue weighted by Crippen LogP contribution is -2.21. The third-order valence-corrected chi connectivity index (χ3v) is 5.57. The average Bonchev–Trinajstić information content (AvgIpc) is 3.20. The Morgan fingerprint density at radius 1 is 1.00 bits per heavy atom. The van der Waals surface area contributed by atoms with Gasteiger partial charge in [-0.15, -0.1) is 5.10 Å². The van der Waals surface area contributed by atoms with E-state index in [2.05, 4.69) is 16.3 Å². The number of ether oxygens (including phenoxy) is 1. The van der Waals surface area contributed by atoms with Crippen molar-refractivity contribution in [3.63, 3.8) is 0 Å². The first-order valence-corrected chi connectivity index (χ1v) is 9.69. The second-order valence-electron chi connectivity index (χ2n) is 7.39. The number of nitrogens with two attached hydrogens (primary N) is 1. The van der Waals surface area contributed by atoms with Gasteiger partial charge in [-0.05, 0) is 28.5 Å². The Morgan fingerprint density at radius 3 is 2.44 bits per heavy atom. The Balaban J connectivity index is 1.73. The molecule has 0 amide bonds. The van der Waals surface area contributed by atoms with Gasteiger partial charge in [0.25, 0.3) is 0 Å². The Bertz CT molecular complexity index is 1410. The van der Waals surface area contributed by atoms with Gasteiger partial charge in [0.2, 0.25) is 11.8 Å². The molecule has 1 aromatic heterocycles. The van der Waals surface area contributed by atoms with E-state index >= 15 is 0 Å². The van der Waals surface area contributed by atoms with Gasteiger partial charge in [0.05, 0.1) is 22.7 Å². The number of aromatic amines is 1. The number of nitrogens with one attached hydrogen (secondary N) is 1. The van der Waals surface area contributed by atoms with Crippen LogP contribution >= 0.6 is 0 Å². The number of nitrogens with zero attached hydrogens (tertiary/aromatic N) is 2. The molecule has 2 heterocycles. The molecule has 0 spiro atoms. The largest absolute Gasteiger partial charge is 0.420 e. The van der Waals surface area contributed by atoms with Crippen LogP contribution in [0.4, 0.5) is 13.2 Å². The third kappa shape index (κ3) is 3.06. The molecular formula is C24H15F3N4O. The van der Waals surface area contributed by atoms with E-state index in [1.165, 1.54) is 12.1 Å². The van der Waals surface area contributed by atoms with Gasteiger partial charge in [0, 0.05) is 5.56 Å². The molecule has 0 saturated heterocycles. The molecule has 1 aliphatic rings. The highest BCUT2D eigenvalue weighted by molar-refractivity contribution is 5.97. The molecule has 5 nitrogen and oxygen atoms in total. The molecule has 0 aliphatic carbocycles. The number of halogens is 3. The zero-order valence-corrected chi connectivity index (χ0v) is 16.4. The fourth-order valence-electron chi connectivity index (χ4n) is 4.09. The zero-order chi connectivity index (χ0) is 22.5. The number of rotatable bonds is 2. The molecule has 0 bridgehead atoms. The minimum atomic E-state index is -4.46. The summed E-state index contributed by atoms with van der Waals surface area (Å²) in [6, 6.07) is 20.3. The van der Waals surface area contributed by atoms with E-state index in [-0.39, 0.29) is 17.3 Å². The summed E-state index contributed by atoms with van der Waals surface area (Å²) in [7, 11) is 0.